The highest BCUT2D eigenvalue weighted by molar-refractivity contribution is 5.92. The summed E-state index contributed by atoms with van der Waals surface area (Å²) in [5.74, 6) is 5.26. The molecule has 1 aromatic carbocycles. The molecule has 0 saturated heterocycles. The minimum Gasteiger partial charge on any atom is -0.384 e. The number of carbonyl (C=O) groups excluding carboxylic acids is 1. The van der Waals surface area contributed by atoms with Gasteiger partial charge in [0.2, 0.25) is 5.91 Å². The normalized spacial score (nSPS) is 9.50. The van der Waals surface area contributed by atoms with Crippen molar-refractivity contribution >= 4 is 11.6 Å². The molecule has 1 amide bonds. The van der Waals surface area contributed by atoms with Crippen LogP contribution in [0.15, 0.2) is 18.2 Å². The third-order valence-corrected chi connectivity index (χ3v) is 2.28. The first-order valence-corrected chi connectivity index (χ1v) is 5.66. The van der Waals surface area contributed by atoms with Gasteiger partial charge in [-0.25, -0.2) is 0 Å². The summed E-state index contributed by atoms with van der Waals surface area (Å²) in [6, 6.07) is 5.59. The van der Waals surface area contributed by atoms with Gasteiger partial charge in [-0.15, -0.1) is 0 Å². The molecule has 0 aliphatic heterocycles. The first kappa shape index (κ1) is 14.2. The Labute approximate surface area is 107 Å². The van der Waals surface area contributed by atoms with Crippen LogP contribution in [0.5, 0.6) is 0 Å². The molecule has 18 heavy (non-hydrogen) atoms. The number of hydrogen-bond donors (Lipinski definition) is 2. The van der Waals surface area contributed by atoms with Crippen LogP contribution in [-0.2, 0) is 9.53 Å². The molecule has 0 atom stereocenters. The van der Waals surface area contributed by atoms with Crippen molar-refractivity contribution < 1.29 is 14.6 Å². The van der Waals surface area contributed by atoms with Crippen LogP contribution >= 0.6 is 0 Å². The SMILES string of the molecule is COCCC(=O)Nc1cc(C)ccc1C#CCO. The van der Waals surface area contributed by atoms with E-state index in [1.807, 2.05) is 25.1 Å². The Morgan fingerprint density at radius 2 is 2.28 bits per heavy atom. The van der Waals surface area contributed by atoms with E-state index in [1.54, 1.807) is 7.11 Å². The number of hydrogen-bond acceptors (Lipinski definition) is 3. The van der Waals surface area contributed by atoms with Crippen molar-refractivity contribution in [3.63, 3.8) is 0 Å². The van der Waals surface area contributed by atoms with Gasteiger partial charge < -0.3 is 15.2 Å². The van der Waals surface area contributed by atoms with Crippen molar-refractivity contribution in [2.75, 3.05) is 25.6 Å². The predicted molar refractivity (Wildman–Crippen MR) is 70.3 cm³/mol. The van der Waals surface area contributed by atoms with Gasteiger partial charge in [-0.05, 0) is 24.6 Å². The van der Waals surface area contributed by atoms with E-state index in [1.165, 1.54) is 0 Å². The number of ether oxygens (including phenoxy) is 1. The van der Waals surface area contributed by atoms with E-state index in [4.69, 9.17) is 9.84 Å². The van der Waals surface area contributed by atoms with Crippen LogP contribution in [0.4, 0.5) is 5.69 Å². The topological polar surface area (TPSA) is 58.6 Å². The summed E-state index contributed by atoms with van der Waals surface area (Å²) >= 11 is 0. The molecular formula is C14H17NO3. The van der Waals surface area contributed by atoms with Crippen LogP contribution in [0.25, 0.3) is 0 Å². The van der Waals surface area contributed by atoms with Crippen LogP contribution in [0, 0.1) is 18.8 Å². The van der Waals surface area contributed by atoms with Gasteiger partial charge in [-0.3, -0.25) is 4.79 Å². The molecule has 4 heteroatoms. The largest absolute Gasteiger partial charge is 0.384 e. The predicted octanol–water partition coefficient (Wildman–Crippen LogP) is 1.31. The Balaban J connectivity index is 2.85. The van der Waals surface area contributed by atoms with Gasteiger partial charge in [0.15, 0.2) is 0 Å². The summed E-state index contributed by atoms with van der Waals surface area (Å²) in [4.78, 5) is 11.6. The minimum atomic E-state index is -0.203. The highest BCUT2D eigenvalue weighted by Crippen LogP contribution is 2.16. The molecule has 0 aromatic heterocycles. The average Bonchev–Trinajstić information content (AvgIpc) is 2.35. The highest BCUT2D eigenvalue weighted by Gasteiger charge is 2.05. The molecule has 0 fully saturated rings. The number of aliphatic hydroxyl groups is 1. The summed E-state index contributed by atoms with van der Waals surface area (Å²) in [6.07, 6.45) is 0.303. The van der Waals surface area contributed by atoms with E-state index in [2.05, 4.69) is 17.2 Å². The molecule has 0 saturated carbocycles. The van der Waals surface area contributed by atoms with Gasteiger partial charge in [-0.2, -0.15) is 0 Å². The van der Waals surface area contributed by atoms with Crippen LogP contribution in [-0.4, -0.2) is 31.3 Å². The number of carbonyl (C=O) groups is 1. The third-order valence-electron chi connectivity index (χ3n) is 2.28. The second-order valence-electron chi connectivity index (χ2n) is 3.80. The molecule has 0 aliphatic carbocycles. The maximum Gasteiger partial charge on any atom is 0.226 e. The van der Waals surface area contributed by atoms with Crippen molar-refractivity contribution in [1.29, 1.82) is 0 Å². The van der Waals surface area contributed by atoms with Crippen LogP contribution < -0.4 is 5.32 Å². The third kappa shape index (κ3) is 4.58. The fourth-order valence-corrected chi connectivity index (χ4v) is 1.41. The van der Waals surface area contributed by atoms with Crippen LogP contribution in [0.1, 0.15) is 17.5 Å². The molecule has 0 radical (unpaired) electrons. The minimum absolute atomic E-state index is 0.116. The maximum atomic E-state index is 11.6. The first-order valence-electron chi connectivity index (χ1n) is 5.66. The maximum absolute atomic E-state index is 11.6. The van der Waals surface area contributed by atoms with Gasteiger partial charge in [0.05, 0.1) is 18.7 Å². The molecule has 4 nitrogen and oxygen atoms in total. The van der Waals surface area contributed by atoms with Gasteiger partial charge >= 0.3 is 0 Å². The van der Waals surface area contributed by atoms with E-state index in [-0.39, 0.29) is 12.5 Å². The molecule has 1 aromatic rings. The number of anilines is 1. The lowest BCUT2D eigenvalue weighted by Crippen LogP contribution is -2.14. The lowest BCUT2D eigenvalue weighted by atomic mass is 10.1. The van der Waals surface area contributed by atoms with Crippen molar-refractivity contribution in [1.82, 2.24) is 0 Å². The lowest BCUT2D eigenvalue weighted by molar-refractivity contribution is -0.117. The molecule has 96 valence electrons. The van der Waals surface area contributed by atoms with Gasteiger partial charge in [0, 0.05) is 12.7 Å². The van der Waals surface area contributed by atoms with E-state index in [0.29, 0.717) is 24.3 Å². The summed E-state index contributed by atoms with van der Waals surface area (Å²) < 4.78 is 4.85. The van der Waals surface area contributed by atoms with E-state index in [9.17, 15) is 4.79 Å². The Kier molecular flexibility index (Phi) is 5.92. The van der Waals surface area contributed by atoms with E-state index < -0.39 is 0 Å². The number of methoxy groups -OCH3 is 1. The Bertz CT molecular complexity index is 472. The van der Waals surface area contributed by atoms with Crippen LogP contribution in [0.3, 0.4) is 0 Å². The van der Waals surface area contributed by atoms with Gasteiger partial charge in [-0.1, -0.05) is 17.9 Å². The number of aryl methyl sites for hydroxylation is 1. The molecular weight excluding hydrogens is 230 g/mol. The standard InChI is InChI=1S/C14H17NO3/c1-11-5-6-12(4-3-8-16)13(10-11)15-14(17)7-9-18-2/h5-6,10,16H,7-9H2,1-2H3,(H,15,17). The Morgan fingerprint density at radius 1 is 1.50 bits per heavy atom. The zero-order valence-corrected chi connectivity index (χ0v) is 10.6. The van der Waals surface area contributed by atoms with Gasteiger partial charge in [0.1, 0.15) is 6.61 Å². The highest BCUT2D eigenvalue weighted by atomic mass is 16.5. The van der Waals surface area contributed by atoms with Crippen molar-refractivity contribution in [3.05, 3.63) is 29.3 Å². The van der Waals surface area contributed by atoms with Gasteiger partial charge in [0.25, 0.3) is 0 Å². The quantitative estimate of drug-likeness (QED) is 0.789. The average molecular weight is 247 g/mol. The molecule has 1 rings (SSSR count). The van der Waals surface area contributed by atoms with Crippen molar-refractivity contribution in [2.45, 2.75) is 13.3 Å². The summed E-state index contributed by atoms with van der Waals surface area (Å²) in [6.45, 7) is 2.12. The molecule has 0 unspecified atom stereocenters. The molecule has 0 aliphatic rings. The first-order chi connectivity index (χ1) is 8.67. The van der Waals surface area contributed by atoms with E-state index in [0.717, 1.165) is 5.56 Å². The van der Waals surface area contributed by atoms with Crippen molar-refractivity contribution in [3.8, 4) is 11.8 Å². The fourth-order valence-electron chi connectivity index (χ4n) is 1.41. The second-order valence-corrected chi connectivity index (χ2v) is 3.80. The second kappa shape index (κ2) is 7.49. The monoisotopic (exact) mass is 247 g/mol. The number of rotatable bonds is 4. The zero-order valence-electron chi connectivity index (χ0n) is 10.6. The van der Waals surface area contributed by atoms with Crippen LogP contribution in [0.2, 0.25) is 0 Å². The summed E-state index contributed by atoms with van der Waals surface area (Å²) in [7, 11) is 1.55. The number of aliphatic hydroxyl groups excluding tert-OH is 1. The molecule has 2 N–H and O–H groups in total. The molecule has 0 bridgehead atoms. The molecule has 0 spiro atoms. The lowest BCUT2D eigenvalue weighted by Gasteiger charge is -2.08. The van der Waals surface area contributed by atoms with Crippen molar-refractivity contribution in [2.24, 2.45) is 0 Å². The fraction of sp³-hybridized carbons (Fsp3) is 0.357. The zero-order chi connectivity index (χ0) is 13.4. The van der Waals surface area contributed by atoms with E-state index >= 15 is 0 Å². The Morgan fingerprint density at radius 3 is 2.94 bits per heavy atom. The Hall–Kier alpha value is -1.83. The number of amides is 1. The smallest absolute Gasteiger partial charge is 0.226 e. The number of nitrogens with one attached hydrogen (secondary N) is 1. The summed E-state index contributed by atoms with van der Waals surface area (Å²) in [5, 5.41) is 11.5. The number of benzene rings is 1. The molecule has 0 heterocycles. The summed E-state index contributed by atoms with van der Waals surface area (Å²) in [5.41, 5.74) is 2.39.